The molecule has 1 aromatic rings. The van der Waals surface area contributed by atoms with Crippen molar-refractivity contribution in [2.75, 3.05) is 40.0 Å². The summed E-state index contributed by atoms with van der Waals surface area (Å²) in [6.07, 6.45) is 0.487. The van der Waals surface area contributed by atoms with Crippen molar-refractivity contribution in [2.45, 2.75) is 13.0 Å². The van der Waals surface area contributed by atoms with E-state index in [9.17, 15) is 4.79 Å². The van der Waals surface area contributed by atoms with Gasteiger partial charge in [0.2, 0.25) is 0 Å². The summed E-state index contributed by atoms with van der Waals surface area (Å²) in [5, 5.41) is 10.7. The summed E-state index contributed by atoms with van der Waals surface area (Å²) in [6, 6.07) is 2.04. The van der Waals surface area contributed by atoms with Crippen LogP contribution in [-0.2, 0) is 11.3 Å². The van der Waals surface area contributed by atoms with Crippen LogP contribution >= 0.6 is 11.3 Å². The van der Waals surface area contributed by atoms with Crippen molar-refractivity contribution in [1.29, 1.82) is 0 Å². The van der Waals surface area contributed by atoms with Crippen molar-refractivity contribution in [1.82, 2.24) is 9.80 Å². The van der Waals surface area contributed by atoms with Crippen LogP contribution < -0.4 is 0 Å². The molecular weight excluding hydrogens is 288 g/mol. The third-order valence-electron chi connectivity index (χ3n) is 3.12. The van der Waals surface area contributed by atoms with Gasteiger partial charge in [0.05, 0.1) is 26.4 Å². The van der Waals surface area contributed by atoms with Crippen molar-refractivity contribution in [3.05, 3.63) is 21.9 Å². The van der Waals surface area contributed by atoms with E-state index in [0.29, 0.717) is 39.3 Å². The predicted octanol–water partition coefficient (Wildman–Crippen LogP) is 1.37. The number of carbonyl (C=O) groups is 1. The summed E-state index contributed by atoms with van der Waals surface area (Å²) in [6.45, 7) is 3.21. The standard InChI is InChI=1S/C15H20N2O3S/c1-16(15(19)17-5-8-20-9-6-17)11-14-10-13(12-21-14)4-2-3-7-18/h10,12,18H,3,5-9,11H2,1H3. The Hall–Kier alpha value is -1.55. The van der Waals surface area contributed by atoms with Crippen LogP contribution in [0.25, 0.3) is 0 Å². The molecule has 1 aliphatic heterocycles. The molecule has 0 radical (unpaired) electrons. The van der Waals surface area contributed by atoms with Crippen LogP contribution in [-0.4, -0.2) is 60.9 Å². The quantitative estimate of drug-likeness (QED) is 0.858. The summed E-state index contributed by atoms with van der Waals surface area (Å²) in [4.78, 5) is 16.9. The Morgan fingerprint density at radius 1 is 1.52 bits per heavy atom. The van der Waals surface area contributed by atoms with Gasteiger partial charge in [-0.3, -0.25) is 0 Å². The molecule has 6 heteroatoms. The fourth-order valence-electron chi connectivity index (χ4n) is 2.05. The molecule has 0 bridgehead atoms. The molecule has 0 aliphatic carbocycles. The average Bonchev–Trinajstić information content (AvgIpc) is 2.95. The minimum atomic E-state index is 0.0413. The minimum absolute atomic E-state index is 0.0413. The molecule has 1 aromatic heterocycles. The Morgan fingerprint density at radius 3 is 3.00 bits per heavy atom. The van der Waals surface area contributed by atoms with Crippen molar-refractivity contribution in [3.63, 3.8) is 0 Å². The highest BCUT2D eigenvalue weighted by Gasteiger charge is 2.20. The van der Waals surface area contributed by atoms with Crippen molar-refractivity contribution in [3.8, 4) is 11.8 Å². The molecule has 2 rings (SSSR count). The number of amides is 2. The molecule has 114 valence electrons. The Balaban J connectivity index is 1.88. The first-order chi connectivity index (χ1) is 10.2. The van der Waals surface area contributed by atoms with Gasteiger partial charge in [-0.1, -0.05) is 11.8 Å². The molecule has 0 unspecified atom stereocenters. The van der Waals surface area contributed by atoms with Crippen LogP contribution in [0.5, 0.6) is 0 Å². The van der Waals surface area contributed by atoms with Crippen LogP contribution in [0.2, 0.25) is 0 Å². The van der Waals surface area contributed by atoms with E-state index in [1.807, 2.05) is 23.4 Å². The van der Waals surface area contributed by atoms with Gasteiger partial charge in [0.1, 0.15) is 0 Å². The van der Waals surface area contributed by atoms with E-state index in [1.54, 1.807) is 16.2 Å². The van der Waals surface area contributed by atoms with Crippen LogP contribution in [0.3, 0.4) is 0 Å². The summed E-state index contributed by atoms with van der Waals surface area (Å²) < 4.78 is 5.25. The van der Waals surface area contributed by atoms with E-state index in [0.717, 1.165) is 10.4 Å². The number of ether oxygens (including phenoxy) is 1. The first-order valence-electron chi connectivity index (χ1n) is 6.95. The topological polar surface area (TPSA) is 53.0 Å². The number of nitrogens with zero attached hydrogens (tertiary/aromatic N) is 2. The molecule has 21 heavy (non-hydrogen) atoms. The van der Waals surface area contributed by atoms with Gasteiger partial charge < -0.3 is 19.6 Å². The highest BCUT2D eigenvalue weighted by molar-refractivity contribution is 7.10. The molecule has 1 aliphatic rings. The molecule has 2 amide bonds. The molecule has 2 heterocycles. The lowest BCUT2D eigenvalue weighted by Crippen LogP contribution is -2.46. The number of aliphatic hydroxyl groups excluding tert-OH is 1. The van der Waals surface area contributed by atoms with Crippen molar-refractivity contribution >= 4 is 17.4 Å². The number of hydrogen-bond acceptors (Lipinski definition) is 4. The molecule has 0 saturated carbocycles. The fraction of sp³-hybridized carbons (Fsp3) is 0.533. The lowest BCUT2D eigenvalue weighted by Gasteiger charge is -2.30. The van der Waals surface area contributed by atoms with Gasteiger partial charge in [-0.15, -0.1) is 11.3 Å². The molecular formula is C15H20N2O3S. The Labute approximate surface area is 129 Å². The average molecular weight is 308 g/mol. The summed E-state index contributed by atoms with van der Waals surface area (Å²) in [7, 11) is 1.81. The van der Waals surface area contributed by atoms with Gasteiger partial charge in [0, 0.05) is 42.4 Å². The molecule has 5 nitrogen and oxygen atoms in total. The van der Waals surface area contributed by atoms with E-state index in [-0.39, 0.29) is 12.6 Å². The number of carbonyl (C=O) groups excluding carboxylic acids is 1. The van der Waals surface area contributed by atoms with Gasteiger partial charge in [0.15, 0.2) is 0 Å². The lowest BCUT2D eigenvalue weighted by molar-refractivity contribution is 0.0448. The Bertz CT molecular complexity index is 527. The number of rotatable bonds is 3. The van der Waals surface area contributed by atoms with Gasteiger partial charge in [-0.25, -0.2) is 4.79 Å². The predicted molar refractivity (Wildman–Crippen MR) is 82.2 cm³/mol. The smallest absolute Gasteiger partial charge is 0.320 e. The van der Waals surface area contributed by atoms with E-state index in [2.05, 4.69) is 11.8 Å². The highest BCUT2D eigenvalue weighted by atomic mass is 32.1. The minimum Gasteiger partial charge on any atom is -0.395 e. The number of thiophene rings is 1. The van der Waals surface area contributed by atoms with Crippen LogP contribution in [0.4, 0.5) is 4.79 Å². The van der Waals surface area contributed by atoms with Crippen molar-refractivity contribution < 1.29 is 14.6 Å². The summed E-state index contributed by atoms with van der Waals surface area (Å²) in [5.74, 6) is 5.90. The van der Waals surface area contributed by atoms with Gasteiger partial charge >= 0.3 is 6.03 Å². The van der Waals surface area contributed by atoms with Gasteiger partial charge in [-0.2, -0.15) is 0 Å². The van der Waals surface area contributed by atoms with E-state index >= 15 is 0 Å². The summed E-state index contributed by atoms with van der Waals surface area (Å²) >= 11 is 1.60. The first-order valence-corrected chi connectivity index (χ1v) is 7.83. The number of aliphatic hydroxyl groups is 1. The van der Waals surface area contributed by atoms with E-state index in [4.69, 9.17) is 9.84 Å². The molecule has 0 spiro atoms. The molecule has 1 fully saturated rings. The molecule has 0 aromatic carbocycles. The zero-order valence-electron chi connectivity index (χ0n) is 12.2. The third-order valence-corrected chi connectivity index (χ3v) is 4.05. The maximum atomic E-state index is 12.3. The molecule has 0 atom stereocenters. The second kappa shape index (κ2) is 8.03. The van der Waals surface area contributed by atoms with E-state index < -0.39 is 0 Å². The lowest BCUT2D eigenvalue weighted by atomic mass is 10.3. The molecule has 1 N–H and O–H groups in total. The monoisotopic (exact) mass is 308 g/mol. The second-order valence-electron chi connectivity index (χ2n) is 4.82. The number of morpholine rings is 1. The van der Waals surface area contributed by atoms with Crippen LogP contribution in [0.15, 0.2) is 11.4 Å². The number of hydrogen-bond donors (Lipinski definition) is 1. The summed E-state index contributed by atoms with van der Waals surface area (Å²) in [5.41, 5.74) is 0.940. The maximum absolute atomic E-state index is 12.3. The zero-order chi connectivity index (χ0) is 15.1. The number of urea groups is 1. The van der Waals surface area contributed by atoms with Gasteiger partial charge in [0.25, 0.3) is 0 Å². The normalized spacial score (nSPS) is 14.5. The van der Waals surface area contributed by atoms with E-state index in [1.165, 1.54) is 0 Å². The zero-order valence-corrected chi connectivity index (χ0v) is 13.0. The largest absolute Gasteiger partial charge is 0.395 e. The SMILES string of the molecule is CN(Cc1cc(C#CCCO)cs1)C(=O)N1CCOCC1. The van der Waals surface area contributed by atoms with Crippen LogP contribution in [0, 0.1) is 11.8 Å². The van der Waals surface area contributed by atoms with Gasteiger partial charge in [-0.05, 0) is 6.07 Å². The maximum Gasteiger partial charge on any atom is 0.320 e. The second-order valence-corrected chi connectivity index (χ2v) is 5.81. The van der Waals surface area contributed by atoms with Crippen molar-refractivity contribution in [2.24, 2.45) is 0 Å². The van der Waals surface area contributed by atoms with Crippen LogP contribution in [0.1, 0.15) is 16.9 Å². The Morgan fingerprint density at radius 2 is 2.29 bits per heavy atom. The molecule has 1 saturated heterocycles. The highest BCUT2D eigenvalue weighted by Crippen LogP contribution is 2.16. The first kappa shape index (κ1) is 15.8. The third kappa shape index (κ3) is 4.74. The Kier molecular flexibility index (Phi) is 6.05. The fourth-order valence-corrected chi connectivity index (χ4v) is 2.92.